The number of aliphatic carboxylic acids is 1. The molecule has 1 saturated heterocycles. The Hall–Kier alpha value is -1.32. The van der Waals surface area contributed by atoms with Crippen molar-refractivity contribution in [3.05, 3.63) is 12.2 Å². The summed E-state index contributed by atoms with van der Waals surface area (Å²) in [7, 11) is 0. The van der Waals surface area contributed by atoms with Gasteiger partial charge in [0.25, 0.3) is 0 Å². The van der Waals surface area contributed by atoms with Gasteiger partial charge in [-0.25, -0.2) is 0 Å². The summed E-state index contributed by atoms with van der Waals surface area (Å²) in [4.78, 5) is 20.8. The number of carboxylic acids is 1. The maximum atomic E-state index is 10.7. The van der Waals surface area contributed by atoms with Crippen molar-refractivity contribution < 1.29 is 19.4 Å². The smallest absolute Gasteiger partial charge is 0.307 e. The number of ether oxygens (including phenoxy) is 1. The number of hydrogen-bond acceptors (Lipinski definition) is 3. The van der Waals surface area contributed by atoms with Crippen LogP contribution in [0.3, 0.4) is 0 Å². The van der Waals surface area contributed by atoms with Crippen molar-refractivity contribution in [1.29, 1.82) is 0 Å². The van der Waals surface area contributed by atoms with Gasteiger partial charge >= 0.3 is 11.9 Å². The van der Waals surface area contributed by atoms with E-state index in [1.807, 2.05) is 0 Å². The van der Waals surface area contributed by atoms with Crippen molar-refractivity contribution >= 4 is 11.9 Å². The van der Waals surface area contributed by atoms with E-state index >= 15 is 0 Å². The molecule has 0 spiro atoms. The van der Waals surface area contributed by atoms with Crippen molar-refractivity contribution in [3.63, 3.8) is 0 Å². The predicted octanol–water partition coefficient (Wildman–Crippen LogP) is 1.11. The van der Waals surface area contributed by atoms with Gasteiger partial charge in [0.05, 0.1) is 6.42 Å². The number of esters is 1. The lowest BCUT2D eigenvalue weighted by molar-refractivity contribution is -0.141. The lowest BCUT2D eigenvalue weighted by Crippen LogP contribution is -2.04. The van der Waals surface area contributed by atoms with E-state index < -0.39 is 5.97 Å². The van der Waals surface area contributed by atoms with Crippen LogP contribution in [-0.2, 0) is 14.3 Å². The Balaban J connectivity index is 2.15. The first kappa shape index (κ1) is 9.77. The van der Waals surface area contributed by atoms with Crippen molar-refractivity contribution in [3.8, 4) is 0 Å². The molecule has 4 nitrogen and oxygen atoms in total. The van der Waals surface area contributed by atoms with Crippen LogP contribution in [-0.4, -0.2) is 23.1 Å². The highest BCUT2D eigenvalue weighted by molar-refractivity contribution is 5.71. The summed E-state index contributed by atoms with van der Waals surface area (Å²) >= 11 is 0. The molecule has 0 radical (unpaired) electrons. The van der Waals surface area contributed by atoms with Gasteiger partial charge in [0.2, 0.25) is 0 Å². The van der Waals surface area contributed by atoms with Crippen LogP contribution >= 0.6 is 0 Å². The maximum absolute atomic E-state index is 10.7. The Bertz CT molecular complexity index is 232. The summed E-state index contributed by atoms with van der Waals surface area (Å²) in [5.41, 5.74) is 0. The van der Waals surface area contributed by atoms with Gasteiger partial charge in [-0.1, -0.05) is 12.2 Å². The van der Waals surface area contributed by atoms with Crippen LogP contribution in [0.25, 0.3) is 0 Å². The average Bonchev–Trinajstić information content (AvgIpc) is 2.45. The minimum Gasteiger partial charge on any atom is -0.481 e. The molecule has 0 aromatic rings. The molecule has 1 unspecified atom stereocenters. The normalized spacial score (nSPS) is 22.2. The standard InChI is InChI=1S/C9H12O4/c10-8(11)4-2-1-3-7-5-6-9(12)13-7/h1-2,7H,3-6H2,(H,10,11)/b2-1+. The summed E-state index contributed by atoms with van der Waals surface area (Å²) in [5, 5.41) is 8.31. The molecule has 1 aliphatic rings. The molecular weight excluding hydrogens is 172 g/mol. The first-order chi connectivity index (χ1) is 6.18. The molecular formula is C9H12O4. The highest BCUT2D eigenvalue weighted by atomic mass is 16.5. The molecule has 13 heavy (non-hydrogen) atoms. The lowest BCUT2D eigenvalue weighted by Gasteiger charge is -2.03. The summed E-state index contributed by atoms with van der Waals surface area (Å²) in [6.07, 6.45) is 5.16. The molecule has 1 fully saturated rings. The number of rotatable bonds is 4. The van der Waals surface area contributed by atoms with E-state index in [-0.39, 0.29) is 18.5 Å². The lowest BCUT2D eigenvalue weighted by atomic mass is 10.1. The molecule has 0 saturated carbocycles. The zero-order valence-electron chi connectivity index (χ0n) is 7.23. The second-order valence-corrected chi connectivity index (χ2v) is 2.96. The van der Waals surface area contributed by atoms with Gasteiger partial charge in [-0.2, -0.15) is 0 Å². The fourth-order valence-electron chi connectivity index (χ4n) is 1.18. The van der Waals surface area contributed by atoms with Crippen LogP contribution in [0, 0.1) is 0 Å². The Kier molecular flexibility index (Phi) is 3.49. The monoisotopic (exact) mass is 184 g/mol. The Morgan fingerprint density at radius 3 is 2.92 bits per heavy atom. The van der Waals surface area contributed by atoms with Gasteiger partial charge in [-0.05, 0) is 6.42 Å². The molecule has 0 aliphatic carbocycles. The molecule has 1 atom stereocenters. The van der Waals surface area contributed by atoms with E-state index in [1.54, 1.807) is 12.2 Å². The Morgan fingerprint density at radius 2 is 2.38 bits per heavy atom. The van der Waals surface area contributed by atoms with Crippen molar-refractivity contribution in [2.75, 3.05) is 0 Å². The molecule has 4 heteroatoms. The second kappa shape index (κ2) is 4.64. The average molecular weight is 184 g/mol. The van der Waals surface area contributed by atoms with Gasteiger partial charge < -0.3 is 9.84 Å². The third kappa shape index (κ3) is 3.73. The fraction of sp³-hybridized carbons (Fsp3) is 0.556. The van der Waals surface area contributed by atoms with Crippen LogP contribution in [0.15, 0.2) is 12.2 Å². The van der Waals surface area contributed by atoms with Gasteiger partial charge in [-0.3, -0.25) is 9.59 Å². The van der Waals surface area contributed by atoms with E-state index in [0.29, 0.717) is 12.8 Å². The minimum atomic E-state index is -0.848. The molecule has 1 N–H and O–H groups in total. The van der Waals surface area contributed by atoms with Crippen LogP contribution in [0.4, 0.5) is 0 Å². The van der Waals surface area contributed by atoms with E-state index in [1.165, 1.54) is 0 Å². The van der Waals surface area contributed by atoms with Crippen molar-refractivity contribution in [2.45, 2.75) is 31.8 Å². The highest BCUT2D eigenvalue weighted by Gasteiger charge is 2.21. The predicted molar refractivity (Wildman–Crippen MR) is 45.1 cm³/mol. The molecule has 0 amide bonds. The summed E-state index contributed by atoms with van der Waals surface area (Å²) in [5.74, 6) is -1.00. The largest absolute Gasteiger partial charge is 0.481 e. The first-order valence-electron chi connectivity index (χ1n) is 4.25. The topological polar surface area (TPSA) is 63.6 Å². The zero-order valence-corrected chi connectivity index (χ0v) is 7.23. The van der Waals surface area contributed by atoms with Crippen molar-refractivity contribution in [2.24, 2.45) is 0 Å². The van der Waals surface area contributed by atoms with E-state index in [9.17, 15) is 9.59 Å². The number of hydrogen-bond donors (Lipinski definition) is 1. The third-order valence-corrected chi connectivity index (χ3v) is 1.83. The number of carbonyl (C=O) groups excluding carboxylic acids is 1. The van der Waals surface area contributed by atoms with Gasteiger partial charge in [0, 0.05) is 12.8 Å². The minimum absolute atomic E-state index is 0.0284. The molecule has 0 aromatic heterocycles. The highest BCUT2D eigenvalue weighted by Crippen LogP contribution is 2.16. The van der Waals surface area contributed by atoms with Gasteiger partial charge in [-0.15, -0.1) is 0 Å². The van der Waals surface area contributed by atoms with Gasteiger partial charge in [0.15, 0.2) is 0 Å². The zero-order chi connectivity index (χ0) is 9.68. The van der Waals surface area contributed by atoms with Crippen molar-refractivity contribution in [1.82, 2.24) is 0 Å². The summed E-state index contributed by atoms with van der Waals surface area (Å²) < 4.78 is 4.93. The third-order valence-electron chi connectivity index (χ3n) is 1.83. The van der Waals surface area contributed by atoms with Crippen LogP contribution in [0.5, 0.6) is 0 Å². The first-order valence-corrected chi connectivity index (χ1v) is 4.25. The Labute approximate surface area is 76.2 Å². The molecule has 72 valence electrons. The number of carbonyl (C=O) groups is 2. The summed E-state index contributed by atoms with van der Waals surface area (Å²) in [6, 6.07) is 0. The van der Waals surface area contributed by atoms with Crippen LogP contribution in [0.1, 0.15) is 25.7 Å². The quantitative estimate of drug-likeness (QED) is 0.525. The van der Waals surface area contributed by atoms with E-state index in [0.717, 1.165) is 6.42 Å². The summed E-state index contributed by atoms with van der Waals surface area (Å²) in [6.45, 7) is 0. The molecule has 0 aromatic carbocycles. The molecule has 1 heterocycles. The van der Waals surface area contributed by atoms with E-state index in [4.69, 9.17) is 9.84 Å². The second-order valence-electron chi connectivity index (χ2n) is 2.96. The van der Waals surface area contributed by atoms with Crippen LogP contribution in [0.2, 0.25) is 0 Å². The SMILES string of the molecule is O=C(O)C/C=C/CC1CCC(=O)O1. The van der Waals surface area contributed by atoms with Gasteiger partial charge in [0.1, 0.15) is 6.10 Å². The number of cyclic esters (lactones) is 1. The Morgan fingerprint density at radius 1 is 1.62 bits per heavy atom. The fourth-order valence-corrected chi connectivity index (χ4v) is 1.18. The molecule has 1 rings (SSSR count). The molecule has 0 bridgehead atoms. The number of carboxylic acid groups (broad SMARTS) is 1. The van der Waals surface area contributed by atoms with Crippen LogP contribution < -0.4 is 0 Å². The maximum Gasteiger partial charge on any atom is 0.307 e. The van der Waals surface area contributed by atoms with E-state index in [2.05, 4.69) is 0 Å². The molecule has 1 aliphatic heterocycles.